The Balaban J connectivity index is 0.00000192. The van der Waals surface area contributed by atoms with Crippen LogP contribution >= 0.6 is 28.7 Å². The lowest BCUT2D eigenvalue weighted by Crippen LogP contribution is -2.21. The van der Waals surface area contributed by atoms with Crippen molar-refractivity contribution in [1.29, 1.82) is 0 Å². The van der Waals surface area contributed by atoms with Gasteiger partial charge in [0.2, 0.25) is 0 Å². The van der Waals surface area contributed by atoms with E-state index in [2.05, 4.69) is 30.4 Å². The number of hydrogen-bond acceptors (Lipinski definition) is 4. The van der Waals surface area contributed by atoms with Crippen molar-refractivity contribution < 1.29 is 10.2 Å². The first-order valence-corrected chi connectivity index (χ1v) is 8.74. The highest BCUT2D eigenvalue weighted by molar-refractivity contribution is 8.93. The second-order valence-electron chi connectivity index (χ2n) is 5.71. The van der Waals surface area contributed by atoms with Gasteiger partial charge >= 0.3 is 0 Å². The van der Waals surface area contributed by atoms with Gasteiger partial charge in [-0.1, -0.05) is 24.3 Å². The molecule has 124 valence electrons. The van der Waals surface area contributed by atoms with E-state index < -0.39 is 0 Å². The van der Waals surface area contributed by atoms with Gasteiger partial charge in [0, 0.05) is 12.5 Å². The average molecular weight is 396 g/mol. The summed E-state index contributed by atoms with van der Waals surface area (Å²) in [6.45, 7) is 3.85. The predicted molar refractivity (Wildman–Crippen MR) is 101 cm³/mol. The minimum atomic E-state index is -0.0245. The monoisotopic (exact) mass is 395 g/mol. The van der Waals surface area contributed by atoms with E-state index in [1.54, 1.807) is 6.07 Å². The normalized spacial score (nSPS) is 17.0. The first-order chi connectivity index (χ1) is 10.6. The Labute approximate surface area is 151 Å². The fraction of sp³-hybridized carbons (Fsp3) is 0.333. The van der Waals surface area contributed by atoms with Crippen LogP contribution < -0.4 is 5.32 Å². The van der Waals surface area contributed by atoms with E-state index in [9.17, 15) is 10.2 Å². The number of nitrogens with one attached hydrogen (secondary N) is 1. The molecule has 0 aliphatic carbocycles. The van der Waals surface area contributed by atoms with Crippen LogP contribution in [0.15, 0.2) is 35.2 Å². The van der Waals surface area contributed by atoms with Gasteiger partial charge in [0.25, 0.3) is 0 Å². The number of fused-ring (bicyclic) bond motifs is 1. The molecular formula is C18H22BrNO2S. The molecule has 1 unspecified atom stereocenters. The summed E-state index contributed by atoms with van der Waals surface area (Å²) in [5.74, 6) is 0.177. The molecule has 0 fully saturated rings. The van der Waals surface area contributed by atoms with E-state index in [0.717, 1.165) is 35.5 Å². The Morgan fingerprint density at radius 2 is 1.91 bits per heavy atom. The summed E-state index contributed by atoms with van der Waals surface area (Å²) in [6.07, 6.45) is 2.80. The van der Waals surface area contributed by atoms with E-state index in [1.165, 1.54) is 22.9 Å². The van der Waals surface area contributed by atoms with Crippen molar-refractivity contribution in [2.45, 2.75) is 24.2 Å². The van der Waals surface area contributed by atoms with E-state index >= 15 is 0 Å². The molecule has 0 bridgehead atoms. The number of phenols is 2. The van der Waals surface area contributed by atoms with E-state index in [1.807, 2.05) is 12.3 Å². The predicted octanol–water partition coefficient (Wildman–Crippen LogP) is 3.98. The third-order valence-corrected chi connectivity index (χ3v) is 5.26. The van der Waals surface area contributed by atoms with Crippen molar-refractivity contribution in [1.82, 2.24) is 5.32 Å². The minimum Gasteiger partial charge on any atom is -0.504 e. The molecule has 3 rings (SSSR count). The smallest absolute Gasteiger partial charge is 0.171 e. The number of benzene rings is 2. The maximum atomic E-state index is 10.2. The van der Waals surface area contributed by atoms with Crippen molar-refractivity contribution in [3.05, 3.63) is 52.6 Å². The van der Waals surface area contributed by atoms with E-state index in [4.69, 9.17) is 0 Å². The van der Waals surface area contributed by atoms with Crippen LogP contribution in [0, 0.1) is 6.92 Å². The highest BCUT2D eigenvalue weighted by Gasteiger charge is 2.26. The van der Waals surface area contributed by atoms with Gasteiger partial charge in [-0.15, -0.1) is 28.7 Å². The molecule has 0 amide bonds. The summed E-state index contributed by atoms with van der Waals surface area (Å²) in [7, 11) is 0. The Bertz CT molecular complexity index is 706. The van der Waals surface area contributed by atoms with Crippen LogP contribution in [0.5, 0.6) is 11.5 Å². The molecular weight excluding hydrogens is 374 g/mol. The molecule has 0 spiro atoms. The van der Waals surface area contributed by atoms with Crippen molar-refractivity contribution in [2.75, 3.05) is 19.3 Å². The van der Waals surface area contributed by atoms with Crippen LogP contribution in [0.25, 0.3) is 0 Å². The Kier molecular flexibility index (Phi) is 6.00. The lowest BCUT2D eigenvalue weighted by molar-refractivity contribution is 0.393. The molecule has 1 heterocycles. The fourth-order valence-corrected chi connectivity index (χ4v) is 4.07. The van der Waals surface area contributed by atoms with Crippen molar-refractivity contribution >= 4 is 28.7 Å². The number of phenolic OH excluding ortho intramolecular Hbond substituents is 2. The zero-order chi connectivity index (χ0) is 15.7. The summed E-state index contributed by atoms with van der Waals surface area (Å²) >= 11 is 1.50. The summed E-state index contributed by atoms with van der Waals surface area (Å²) in [5, 5.41) is 23.8. The van der Waals surface area contributed by atoms with Gasteiger partial charge in [-0.3, -0.25) is 0 Å². The molecule has 1 aliphatic heterocycles. The van der Waals surface area contributed by atoms with E-state index in [0.29, 0.717) is 0 Å². The number of aromatic hydroxyl groups is 2. The Morgan fingerprint density at radius 3 is 2.61 bits per heavy atom. The first-order valence-electron chi connectivity index (χ1n) is 7.51. The molecule has 1 aliphatic rings. The molecule has 3 N–H and O–H groups in total. The second-order valence-corrected chi connectivity index (χ2v) is 6.53. The maximum Gasteiger partial charge on any atom is 0.171 e. The van der Waals surface area contributed by atoms with Gasteiger partial charge in [0.1, 0.15) is 0 Å². The first kappa shape index (κ1) is 18.2. The van der Waals surface area contributed by atoms with Crippen LogP contribution in [-0.2, 0) is 6.42 Å². The summed E-state index contributed by atoms with van der Waals surface area (Å²) in [5.41, 5.74) is 4.80. The van der Waals surface area contributed by atoms with Crippen LogP contribution in [-0.4, -0.2) is 29.6 Å². The number of thioether (sulfide) groups is 1. The van der Waals surface area contributed by atoms with Gasteiger partial charge < -0.3 is 15.5 Å². The molecule has 5 heteroatoms. The molecule has 3 nitrogen and oxygen atoms in total. The number of aryl methyl sites for hydroxylation is 1. The van der Waals surface area contributed by atoms with Crippen molar-refractivity contribution in [3.63, 3.8) is 0 Å². The number of halogens is 1. The van der Waals surface area contributed by atoms with Crippen LogP contribution in [0.1, 0.15) is 28.2 Å². The Hall–Kier alpha value is -1.17. The Morgan fingerprint density at radius 1 is 1.17 bits per heavy atom. The number of hydrogen-bond donors (Lipinski definition) is 3. The standard InChI is InChI=1S/C18H21NO2S.BrH/c1-11-5-3-4-6-12(11)15-10-19-8-7-13-14(15)9-16(20)17(21)18(13)22-2;/h3-6,9,15,19-21H,7-8,10H2,1-2H3;1H. The summed E-state index contributed by atoms with van der Waals surface area (Å²) in [4.78, 5) is 0.803. The largest absolute Gasteiger partial charge is 0.504 e. The molecule has 0 saturated carbocycles. The van der Waals surface area contributed by atoms with Gasteiger partial charge in [-0.2, -0.15) is 0 Å². The van der Waals surface area contributed by atoms with Crippen LogP contribution in [0.4, 0.5) is 0 Å². The van der Waals surface area contributed by atoms with Gasteiger partial charge in [0.05, 0.1) is 4.90 Å². The van der Waals surface area contributed by atoms with Crippen LogP contribution in [0.2, 0.25) is 0 Å². The van der Waals surface area contributed by atoms with Crippen molar-refractivity contribution in [2.24, 2.45) is 0 Å². The third kappa shape index (κ3) is 3.37. The molecule has 23 heavy (non-hydrogen) atoms. The highest BCUT2D eigenvalue weighted by Crippen LogP contribution is 2.44. The summed E-state index contributed by atoms with van der Waals surface area (Å²) < 4.78 is 0. The molecule has 2 aromatic rings. The van der Waals surface area contributed by atoms with Crippen LogP contribution in [0.3, 0.4) is 0 Å². The van der Waals surface area contributed by atoms with Gasteiger partial charge in [-0.05, 0) is 54.5 Å². The zero-order valence-electron chi connectivity index (χ0n) is 13.3. The minimum absolute atomic E-state index is 0. The highest BCUT2D eigenvalue weighted by atomic mass is 79.9. The SMILES string of the molecule is Br.CSc1c(O)c(O)cc2c1CCNCC2c1ccccc1C. The van der Waals surface area contributed by atoms with E-state index in [-0.39, 0.29) is 34.4 Å². The molecule has 2 aromatic carbocycles. The fourth-order valence-electron chi connectivity index (χ4n) is 3.31. The molecule has 0 aromatic heterocycles. The molecule has 0 radical (unpaired) electrons. The van der Waals surface area contributed by atoms with Gasteiger partial charge in [0.15, 0.2) is 11.5 Å². The lowest BCUT2D eigenvalue weighted by atomic mass is 9.85. The molecule has 1 atom stereocenters. The summed E-state index contributed by atoms with van der Waals surface area (Å²) in [6, 6.07) is 10.1. The third-order valence-electron chi connectivity index (χ3n) is 4.42. The van der Waals surface area contributed by atoms with Crippen molar-refractivity contribution in [3.8, 4) is 11.5 Å². The second kappa shape index (κ2) is 7.60. The zero-order valence-corrected chi connectivity index (χ0v) is 15.8. The maximum absolute atomic E-state index is 10.2. The average Bonchev–Trinajstić information content (AvgIpc) is 2.72. The van der Waals surface area contributed by atoms with Gasteiger partial charge in [-0.25, -0.2) is 0 Å². The molecule has 0 saturated heterocycles. The lowest BCUT2D eigenvalue weighted by Gasteiger charge is -2.22. The topological polar surface area (TPSA) is 52.5 Å². The number of rotatable bonds is 2. The quantitative estimate of drug-likeness (QED) is 0.531.